The van der Waals surface area contributed by atoms with Gasteiger partial charge in [0.05, 0.1) is 12.2 Å². The first kappa shape index (κ1) is 15.7. The zero-order valence-corrected chi connectivity index (χ0v) is 13.8. The van der Waals surface area contributed by atoms with Gasteiger partial charge in [0.1, 0.15) is 9.88 Å². The number of rotatable bonds is 3. The van der Waals surface area contributed by atoms with Gasteiger partial charge in [0.25, 0.3) is 11.8 Å². The minimum absolute atomic E-state index is 0.0343. The monoisotopic (exact) mass is 329 g/mol. The number of aromatic nitrogens is 1. The van der Waals surface area contributed by atoms with E-state index >= 15 is 0 Å². The van der Waals surface area contributed by atoms with Crippen molar-refractivity contribution >= 4 is 23.2 Å². The summed E-state index contributed by atoms with van der Waals surface area (Å²) in [5.74, 6) is -0.0995. The molecule has 5 nitrogen and oxygen atoms in total. The number of hydrogen-bond donors (Lipinski definition) is 1. The SMILES string of the molecule is CNC(=O)c1cnc([C@H]2CCCCN2C(=O)c2ccccc2)s1. The molecule has 1 N–H and O–H groups in total. The summed E-state index contributed by atoms with van der Waals surface area (Å²) in [4.78, 5) is 31.4. The number of thiazole rings is 1. The van der Waals surface area contributed by atoms with Crippen molar-refractivity contribution in [3.8, 4) is 0 Å². The van der Waals surface area contributed by atoms with Crippen molar-refractivity contribution in [2.24, 2.45) is 0 Å². The van der Waals surface area contributed by atoms with Gasteiger partial charge in [0, 0.05) is 19.2 Å². The Balaban J connectivity index is 1.85. The quantitative estimate of drug-likeness (QED) is 0.942. The standard InChI is InChI=1S/C17H19N3O2S/c1-18-15(21)14-11-19-16(23-14)13-9-5-6-10-20(13)17(22)12-7-3-2-4-8-12/h2-4,7-8,11,13H,5-6,9-10H2,1H3,(H,18,21)/t13-/m1/s1. The van der Waals surface area contributed by atoms with Gasteiger partial charge in [-0.2, -0.15) is 0 Å². The van der Waals surface area contributed by atoms with Gasteiger partial charge in [-0.15, -0.1) is 11.3 Å². The number of carbonyl (C=O) groups is 2. The lowest BCUT2D eigenvalue weighted by Gasteiger charge is -2.34. The highest BCUT2D eigenvalue weighted by atomic mass is 32.1. The fourth-order valence-corrected chi connectivity index (χ4v) is 3.86. The van der Waals surface area contributed by atoms with Crippen LogP contribution in [-0.4, -0.2) is 35.3 Å². The topological polar surface area (TPSA) is 62.3 Å². The highest BCUT2D eigenvalue weighted by molar-refractivity contribution is 7.13. The van der Waals surface area contributed by atoms with Gasteiger partial charge in [0.15, 0.2) is 0 Å². The number of nitrogens with one attached hydrogen (secondary N) is 1. The average molecular weight is 329 g/mol. The number of carbonyl (C=O) groups excluding carboxylic acids is 2. The third-order valence-corrected chi connectivity index (χ3v) is 5.14. The highest BCUT2D eigenvalue weighted by Crippen LogP contribution is 2.34. The first-order valence-electron chi connectivity index (χ1n) is 7.74. The van der Waals surface area contributed by atoms with E-state index < -0.39 is 0 Å². The fraction of sp³-hybridized carbons (Fsp3) is 0.353. The summed E-state index contributed by atoms with van der Waals surface area (Å²) in [6.45, 7) is 0.729. The third-order valence-electron chi connectivity index (χ3n) is 4.04. The van der Waals surface area contributed by atoms with Crippen LogP contribution in [0.5, 0.6) is 0 Å². The molecule has 2 amide bonds. The minimum Gasteiger partial charge on any atom is -0.354 e. The maximum Gasteiger partial charge on any atom is 0.262 e. The number of piperidine rings is 1. The van der Waals surface area contributed by atoms with Crippen molar-refractivity contribution in [1.82, 2.24) is 15.2 Å². The summed E-state index contributed by atoms with van der Waals surface area (Å²) in [5.41, 5.74) is 0.697. The van der Waals surface area contributed by atoms with Crippen molar-refractivity contribution in [2.75, 3.05) is 13.6 Å². The first-order valence-corrected chi connectivity index (χ1v) is 8.56. The Morgan fingerprint density at radius 2 is 2.04 bits per heavy atom. The summed E-state index contributed by atoms with van der Waals surface area (Å²) in [5, 5.41) is 3.45. The van der Waals surface area contributed by atoms with E-state index in [1.165, 1.54) is 11.3 Å². The number of amides is 2. The fourth-order valence-electron chi connectivity index (χ4n) is 2.85. The van der Waals surface area contributed by atoms with Gasteiger partial charge in [-0.25, -0.2) is 4.98 Å². The summed E-state index contributed by atoms with van der Waals surface area (Å²) in [6.07, 6.45) is 4.55. The molecule has 0 bridgehead atoms. The number of nitrogens with zero attached hydrogens (tertiary/aromatic N) is 2. The smallest absolute Gasteiger partial charge is 0.262 e. The molecule has 6 heteroatoms. The molecule has 0 aliphatic carbocycles. The molecule has 120 valence electrons. The Kier molecular flexibility index (Phi) is 4.71. The molecule has 1 atom stereocenters. The van der Waals surface area contributed by atoms with Crippen molar-refractivity contribution in [3.05, 3.63) is 52.0 Å². The molecular weight excluding hydrogens is 310 g/mol. The van der Waals surface area contributed by atoms with Crippen molar-refractivity contribution in [2.45, 2.75) is 25.3 Å². The Bertz CT molecular complexity index is 699. The van der Waals surface area contributed by atoms with Gasteiger partial charge in [-0.05, 0) is 31.4 Å². The van der Waals surface area contributed by atoms with E-state index in [2.05, 4.69) is 10.3 Å². The molecular formula is C17H19N3O2S. The average Bonchev–Trinajstić information content (AvgIpc) is 3.11. The Morgan fingerprint density at radius 3 is 2.78 bits per heavy atom. The largest absolute Gasteiger partial charge is 0.354 e. The van der Waals surface area contributed by atoms with E-state index in [1.54, 1.807) is 13.2 Å². The second kappa shape index (κ2) is 6.91. The molecule has 0 spiro atoms. The van der Waals surface area contributed by atoms with E-state index in [4.69, 9.17) is 0 Å². The van der Waals surface area contributed by atoms with E-state index in [0.717, 1.165) is 30.8 Å². The molecule has 0 saturated carbocycles. The van der Waals surface area contributed by atoms with Gasteiger partial charge < -0.3 is 10.2 Å². The number of benzene rings is 1. The van der Waals surface area contributed by atoms with Crippen LogP contribution in [-0.2, 0) is 0 Å². The van der Waals surface area contributed by atoms with Gasteiger partial charge in [0.2, 0.25) is 0 Å². The molecule has 1 fully saturated rings. The van der Waals surface area contributed by atoms with Gasteiger partial charge >= 0.3 is 0 Å². The summed E-state index contributed by atoms with van der Waals surface area (Å²) in [6, 6.07) is 9.29. The Morgan fingerprint density at radius 1 is 1.26 bits per heavy atom. The molecule has 1 aliphatic rings. The van der Waals surface area contributed by atoms with Crippen LogP contribution in [0.25, 0.3) is 0 Å². The van der Waals surface area contributed by atoms with Crippen LogP contribution in [0.1, 0.15) is 50.3 Å². The van der Waals surface area contributed by atoms with E-state index in [9.17, 15) is 9.59 Å². The van der Waals surface area contributed by atoms with E-state index in [1.807, 2.05) is 35.2 Å². The molecule has 0 unspecified atom stereocenters. The molecule has 2 aromatic rings. The lowest BCUT2D eigenvalue weighted by atomic mass is 10.0. The predicted octanol–water partition coefficient (Wildman–Crippen LogP) is 2.87. The molecule has 1 aromatic carbocycles. The molecule has 3 rings (SSSR count). The second-order valence-corrected chi connectivity index (χ2v) is 6.58. The van der Waals surface area contributed by atoms with E-state index in [0.29, 0.717) is 10.4 Å². The third kappa shape index (κ3) is 3.27. The highest BCUT2D eigenvalue weighted by Gasteiger charge is 2.31. The zero-order chi connectivity index (χ0) is 16.2. The second-order valence-electron chi connectivity index (χ2n) is 5.52. The lowest BCUT2D eigenvalue weighted by molar-refractivity contribution is 0.0611. The van der Waals surface area contributed by atoms with E-state index in [-0.39, 0.29) is 17.9 Å². The van der Waals surface area contributed by atoms with Crippen LogP contribution in [0.4, 0.5) is 0 Å². The van der Waals surface area contributed by atoms with Gasteiger partial charge in [-0.3, -0.25) is 9.59 Å². The molecule has 1 aliphatic heterocycles. The number of hydrogen-bond acceptors (Lipinski definition) is 4. The molecule has 2 heterocycles. The van der Waals surface area contributed by atoms with Gasteiger partial charge in [-0.1, -0.05) is 18.2 Å². The number of likely N-dealkylation sites (tertiary alicyclic amines) is 1. The van der Waals surface area contributed by atoms with Crippen LogP contribution < -0.4 is 5.32 Å². The van der Waals surface area contributed by atoms with Crippen LogP contribution >= 0.6 is 11.3 Å². The van der Waals surface area contributed by atoms with Crippen LogP contribution in [0.15, 0.2) is 36.5 Å². The van der Waals surface area contributed by atoms with Crippen LogP contribution in [0, 0.1) is 0 Å². The predicted molar refractivity (Wildman–Crippen MR) is 89.6 cm³/mol. The molecule has 0 radical (unpaired) electrons. The molecule has 1 aromatic heterocycles. The van der Waals surface area contributed by atoms with Crippen LogP contribution in [0.3, 0.4) is 0 Å². The maximum atomic E-state index is 12.8. The normalized spacial score (nSPS) is 17.8. The Hall–Kier alpha value is -2.21. The maximum absolute atomic E-state index is 12.8. The van der Waals surface area contributed by atoms with Crippen molar-refractivity contribution in [3.63, 3.8) is 0 Å². The van der Waals surface area contributed by atoms with Crippen molar-refractivity contribution in [1.29, 1.82) is 0 Å². The molecule has 1 saturated heterocycles. The van der Waals surface area contributed by atoms with Crippen molar-refractivity contribution < 1.29 is 9.59 Å². The molecule has 23 heavy (non-hydrogen) atoms. The summed E-state index contributed by atoms with van der Waals surface area (Å²) >= 11 is 1.37. The lowest BCUT2D eigenvalue weighted by Crippen LogP contribution is -2.38. The summed E-state index contributed by atoms with van der Waals surface area (Å²) in [7, 11) is 1.60. The minimum atomic E-state index is -0.134. The first-order chi connectivity index (χ1) is 11.2. The summed E-state index contributed by atoms with van der Waals surface area (Å²) < 4.78 is 0. The Labute approximate surface area is 139 Å². The zero-order valence-electron chi connectivity index (χ0n) is 13.0. The van der Waals surface area contributed by atoms with Crippen LogP contribution in [0.2, 0.25) is 0 Å².